The number of hydrogen-bond acceptors (Lipinski definition) is 3. The van der Waals surface area contributed by atoms with Crippen molar-refractivity contribution < 1.29 is 9.47 Å². The zero-order valence-electron chi connectivity index (χ0n) is 22.6. The van der Waals surface area contributed by atoms with Crippen molar-refractivity contribution in [3.05, 3.63) is 94.5 Å². The van der Waals surface area contributed by atoms with E-state index in [0.29, 0.717) is 0 Å². The lowest BCUT2D eigenvalue weighted by atomic mass is 9.85. The standard InChI is InChI=1S/C31H35NO2.C2H6/c1-22-7-10-25(11-8-22)30-24(3)28-16-9-23(2)21-29(28)34-31(30)26-12-14-27(15-13-26)33-20-19-32-17-5-4-6-18-32;1-2/h7-16,21,31H,4-6,17-20H2,1-3H3;1-2H3/t31-;/m0./s1. The van der Waals surface area contributed by atoms with Gasteiger partial charge in [0.1, 0.15) is 24.2 Å². The van der Waals surface area contributed by atoms with Gasteiger partial charge in [0.15, 0.2) is 0 Å². The van der Waals surface area contributed by atoms with E-state index in [1.54, 1.807) is 0 Å². The molecule has 0 unspecified atom stereocenters. The van der Waals surface area contributed by atoms with Gasteiger partial charge in [-0.1, -0.05) is 74.4 Å². The Kier molecular flexibility index (Phi) is 8.88. The number of aryl methyl sites for hydroxylation is 2. The minimum absolute atomic E-state index is 0.153. The molecule has 0 saturated carbocycles. The van der Waals surface area contributed by atoms with Gasteiger partial charge in [-0.2, -0.15) is 0 Å². The van der Waals surface area contributed by atoms with Gasteiger partial charge in [0.25, 0.3) is 0 Å². The summed E-state index contributed by atoms with van der Waals surface area (Å²) in [6, 6.07) is 23.8. The van der Waals surface area contributed by atoms with Gasteiger partial charge in [-0.15, -0.1) is 0 Å². The fourth-order valence-electron chi connectivity index (χ4n) is 5.11. The van der Waals surface area contributed by atoms with E-state index in [-0.39, 0.29) is 6.10 Å². The van der Waals surface area contributed by atoms with E-state index < -0.39 is 0 Å². The normalized spacial score (nSPS) is 17.5. The molecule has 2 aliphatic rings. The summed E-state index contributed by atoms with van der Waals surface area (Å²) < 4.78 is 12.7. The third kappa shape index (κ3) is 6.02. The van der Waals surface area contributed by atoms with E-state index >= 15 is 0 Å². The first-order chi connectivity index (χ1) is 17.6. The van der Waals surface area contributed by atoms with Gasteiger partial charge in [0, 0.05) is 17.7 Å². The zero-order chi connectivity index (χ0) is 25.5. The van der Waals surface area contributed by atoms with Crippen LogP contribution >= 0.6 is 0 Å². The Bertz CT molecular complexity index is 1160. The third-order valence-corrected chi connectivity index (χ3v) is 7.12. The average Bonchev–Trinajstić information content (AvgIpc) is 2.91. The van der Waals surface area contributed by atoms with Gasteiger partial charge in [-0.25, -0.2) is 0 Å². The topological polar surface area (TPSA) is 21.7 Å². The highest BCUT2D eigenvalue weighted by Crippen LogP contribution is 2.46. The first-order valence-electron chi connectivity index (χ1n) is 13.6. The molecule has 3 heteroatoms. The smallest absolute Gasteiger partial charge is 0.150 e. The largest absolute Gasteiger partial charge is 0.492 e. The van der Waals surface area contributed by atoms with Crippen LogP contribution in [0, 0.1) is 13.8 Å². The molecule has 1 fully saturated rings. The molecule has 2 heterocycles. The number of nitrogens with zero attached hydrogens (tertiary/aromatic N) is 1. The van der Waals surface area contributed by atoms with Crippen molar-refractivity contribution in [2.75, 3.05) is 26.2 Å². The van der Waals surface area contributed by atoms with E-state index in [9.17, 15) is 0 Å². The predicted molar refractivity (Wildman–Crippen MR) is 152 cm³/mol. The second-order valence-corrected chi connectivity index (χ2v) is 9.72. The molecule has 3 aromatic carbocycles. The molecule has 1 saturated heterocycles. The maximum Gasteiger partial charge on any atom is 0.150 e. The van der Waals surface area contributed by atoms with Crippen LogP contribution in [-0.4, -0.2) is 31.1 Å². The predicted octanol–water partition coefficient (Wildman–Crippen LogP) is 8.26. The molecule has 0 aromatic heterocycles. The summed E-state index contributed by atoms with van der Waals surface area (Å²) in [5.41, 5.74) is 8.51. The molecule has 0 aliphatic carbocycles. The van der Waals surface area contributed by atoms with E-state index in [4.69, 9.17) is 9.47 Å². The summed E-state index contributed by atoms with van der Waals surface area (Å²) in [6.45, 7) is 14.6. The Morgan fingerprint density at radius 2 is 1.47 bits per heavy atom. The first-order valence-corrected chi connectivity index (χ1v) is 13.6. The molecule has 0 bridgehead atoms. The lowest BCUT2D eigenvalue weighted by Crippen LogP contribution is -2.33. The zero-order valence-corrected chi connectivity index (χ0v) is 22.6. The molecule has 0 spiro atoms. The number of fused-ring (bicyclic) bond motifs is 1. The van der Waals surface area contributed by atoms with E-state index in [2.05, 4.69) is 92.4 Å². The van der Waals surface area contributed by atoms with Crippen molar-refractivity contribution in [1.29, 1.82) is 0 Å². The number of likely N-dealkylation sites (tertiary alicyclic amines) is 1. The molecule has 1 atom stereocenters. The SMILES string of the molecule is CC.CC1=C(c2ccc(C)cc2)[C@H](c2ccc(OCCN3CCCCC3)cc2)Oc2cc(C)ccc21. The Morgan fingerprint density at radius 3 is 2.17 bits per heavy atom. The van der Waals surface area contributed by atoms with Crippen LogP contribution < -0.4 is 9.47 Å². The van der Waals surface area contributed by atoms with Gasteiger partial charge >= 0.3 is 0 Å². The molecule has 2 aliphatic heterocycles. The number of benzene rings is 3. The van der Waals surface area contributed by atoms with Crippen LogP contribution in [0.15, 0.2) is 66.7 Å². The van der Waals surface area contributed by atoms with Gasteiger partial charge < -0.3 is 9.47 Å². The number of allylic oxidation sites excluding steroid dienone is 1. The van der Waals surface area contributed by atoms with Crippen LogP contribution in [0.3, 0.4) is 0 Å². The average molecular weight is 484 g/mol. The van der Waals surface area contributed by atoms with E-state index in [1.165, 1.54) is 65.8 Å². The number of ether oxygens (including phenoxy) is 2. The monoisotopic (exact) mass is 483 g/mol. The lowest BCUT2D eigenvalue weighted by molar-refractivity contribution is 0.183. The van der Waals surface area contributed by atoms with Crippen LogP contribution in [-0.2, 0) is 0 Å². The summed E-state index contributed by atoms with van der Waals surface area (Å²) >= 11 is 0. The van der Waals surface area contributed by atoms with Crippen molar-refractivity contribution in [1.82, 2.24) is 4.90 Å². The molecule has 0 radical (unpaired) electrons. The highest BCUT2D eigenvalue weighted by atomic mass is 16.5. The third-order valence-electron chi connectivity index (χ3n) is 7.12. The summed E-state index contributed by atoms with van der Waals surface area (Å²) in [5, 5.41) is 0. The molecule has 5 rings (SSSR count). The summed E-state index contributed by atoms with van der Waals surface area (Å²) in [6.07, 6.45) is 3.84. The molecule has 36 heavy (non-hydrogen) atoms. The van der Waals surface area contributed by atoms with Crippen LogP contribution in [0.5, 0.6) is 11.5 Å². The Hall–Kier alpha value is -3.04. The molecule has 3 aromatic rings. The maximum absolute atomic E-state index is 6.66. The Morgan fingerprint density at radius 1 is 0.806 bits per heavy atom. The van der Waals surface area contributed by atoms with Crippen LogP contribution in [0.1, 0.15) is 74.0 Å². The van der Waals surface area contributed by atoms with Crippen molar-refractivity contribution in [3.63, 3.8) is 0 Å². The molecule has 0 amide bonds. The Labute approximate surface area is 217 Å². The van der Waals surface area contributed by atoms with E-state index in [0.717, 1.165) is 30.2 Å². The molecule has 190 valence electrons. The van der Waals surface area contributed by atoms with Crippen LogP contribution in [0.25, 0.3) is 11.1 Å². The van der Waals surface area contributed by atoms with Crippen molar-refractivity contribution in [2.24, 2.45) is 0 Å². The van der Waals surface area contributed by atoms with Gasteiger partial charge in [0.05, 0.1) is 0 Å². The fraction of sp³-hybridized carbons (Fsp3) is 0.394. The van der Waals surface area contributed by atoms with Crippen molar-refractivity contribution >= 4 is 11.1 Å². The quantitative estimate of drug-likeness (QED) is 0.352. The van der Waals surface area contributed by atoms with Crippen molar-refractivity contribution in [3.8, 4) is 11.5 Å². The van der Waals surface area contributed by atoms with Gasteiger partial charge in [0.2, 0.25) is 0 Å². The van der Waals surface area contributed by atoms with Crippen LogP contribution in [0.4, 0.5) is 0 Å². The molecular formula is C33H41NO2. The Balaban J connectivity index is 0.00000148. The molecule has 3 nitrogen and oxygen atoms in total. The second kappa shape index (κ2) is 12.3. The summed E-state index contributed by atoms with van der Waals surface area (Å²) in [5.74, 6) is 1.88. The highest BCUT2D eigenvalue weighted by Gasteiger charge is 2.29. The van der Waals surface area contributed by atoms with Crippen molar-refractivity contribution in [2.45, 2.75) is 60.0 Å². The summed E-state index contributed by atoms with van der Waals surface area (Å²) in [7, 11) is 0. The lowest BCUT2D eigenvalue weighted by Gasteiger charge is -2.31. The molecule has 0 N–H and O–H groups in total. The molecular weight excluding hydrogens is 442 g/mol. The minimum atomic E-state index is -0.153. The fourth-order valence-corrected chi connectivity index (χ4v) is 5.11. The maximum atomic E-state index is 6.66. The minimum Gasteiger partial charge on any atom is -0.492 e. The number of piperidine rings is 1. The number of hydrogen-bond donors (Lipinski definition) is 0. The van der Waals surface area contributed by atoms with Gasteiger partial charge in [-0.05, 0) is 87.2 Å². The van der Waals surface area contributed by atoms with E-state index in [1.807, 2.05) is 13.8 Å². The first kappa shape index (κ1) is 26.0. The highest BCUT2D eigenvalue weighted by molar-refractivity contribution is 5.95. The van der Waals surface area contributed by atoms with Gasteiger partial charge in [-0.3, -0.25) is 4.90 Å². The van der Waals surface area contributed by atoms with Crippen LogP contribution in [0.2, 0.25) is 0 Å². The summed E-state index contributed by atoms with van der Waals surface area (Å²) in [4.78, 5) is 2.51. The number of rotatable bonds is 6. The second-order valence-electron chi connectivity index (χ2n) is 9.72.